The predicted octanol–water partition coefficient (Wildman–Crippen LogP) is 4.58. The van der Waals surface area contributed by atoms with Crippen LogP contribution in [0.25, 0.3) is 0 Å². The molecule has 3 unspecified atom stereocenters. The van der Waals surface area contributed by atoms with E-state index < -0.39 is 59.2 Å². The molecule has 39 heavy (non-hydrogen) atoms. The number of esters is 3. The molecule has 0 saturated heterocycles. The van der Waals surface area contributed by atoms with Gasteiger partial charge in [0.05, 0.1) is 13.0 Å². The Balaban J connectivity index is 2.73. The first-order valence-electron chi connectivity index (χ1n) is 12.2. The molecule has 0 aliphatic carbocycles. The zero-order chi connectivity index (χ0) is 29.4. The summed E-state index contributed by atoms with van der Waals surface area (Å²) in [5, 5.41) is 0. The van der Waals surface area contributed by atoms with Crippen molar-refractivity contribution in [2.75, 3.05) is 7.11 Å². The van der Waals surface area contributed by atoms with Crippen LogP contribution in [0.1, 0.15) is 45.7 Å². The first-order valence-corrected chi connectivity index (χ1v) is 12.2. The Morgan fingerprint density at radius 2 is 1.44 bits per heavy atom. The van der Waals surface area contributed by atoms with Gasteiger partial charge < -0.3 is 14.2 Å². The molecule has 210 valence electrons. The number of rotatable bonds is 11. The molecule has 3 atom stereocenters. The lowest BCUT2D eigenvalue weighted by Gasteiger charge is -2.38. The Hall–Kier alpha value is -3.95. The molecule has 0 heterocycles. The van der Waals surface area contributed by atoms with Gasteiger partial charge in [0.25, 0.3) is 6.43 Å². The van der Waals surface area contributed by atoms with Gasteiger partial charge in [0.1, 0.15) is 12.2 Å². The number of halogens is 2. The van der Waals surface area contributed by atoms with Crippen LogP contribution in [-0.2, 0) is 40.0 Å². The number of carbonyl (C=O) groups excluding carboxylic acids is 4. The summed E-state index contributed by atoms with van der Waals surface area (Å²) < 4.78 is 45.4. The van der Waals surface area contributed by atoms with Crippen LogP contribution in [0.15, 0.2) is 65.7 Å². The number of aliphatic imine (C=N–C) groups is 1. The number of carbonyl (C=O) groups is 4. The Bertz CT molecular complexity index is 1200. The summed E-state index contributed by atoms with van der Waals surface area (Å²) in [5.74, 6) is -7.98. The van der Waals surface area contributed by atoms with Gasteiger partial charge in [-0.05, 0) is 38.8 Å². The SMILES string of the molecule is COC(=O)C(C)C(C(=O)OCc1ccccc1)(C(=O)C(C)(N=Cc1ccccc1)C(=O)OC(C)(C)C)C(F)F. The van der Waals surface area contributed by atoms with Crippen molar-refractivity contribution in [3.8, 4) is 0 Å². The van der Waals surface area contributed by atoms with Crippen molar-refractivity contribution in [1.29, 1.82) is 0 Å². The number of hydrogen-bond acceptors (Lipinski definition) is 8. The van der Waals surface area contributed by atoms with Crippen LogP contribution in [0, 0.1) is 11.3 Å². The first-order chi connectivity index (χ1) is 18.2. The lowest BCUT2D eigenvalue weighted by atomic mass is 9.67. The fraction of sp³-hybridized carbons (Fsp3) is 0.414. The van der Waals surface area contributed by atoms with Crippen LogP contribution in [0.5, 0.6) is 0 Å². The molecule has 10 heteroatoms. The maximum absolute atomic E-state index is 15.1. The predicted molar refractivity (Wildman–Crippen MR) is 139 cm³/mol. The van der Waals surface area contributed by atoms with Crippen LogP contribution >= 0.6 is 0 Å². The van der Waals surface area contributed by atoms with E-state index in [2.05, 4.69) is 9.73 Å². The van der Waals surface area contributed by atoms with Gasteiger partial charge in [-0.3, -0.25) is 19.4 Å². The summed E-state index contributed by atoms with van der Waals surface area (Å²) in [6.45, 7) is 5.99. The lowest BCUT2D eigenvalue weighted by molar-refractivity contribution is -0.189. The van der Waals surface area contributed by atoms with Gasteiger partial charge in [0.2, 0.25) is 11.0 Å². The number of methoxy groups -OCH3 is 1. The van der Waals surface area contributed by atoms with Crippen LogP contribution in [-0.4, -0.2) is 54.6 Å². The van der Waals surface area contributed by atoms with Gasteiger partial charge in [-0.15, -0.1) is 0 Å². The number of ketones is 1. The maximum atomic E-state index is 15.1. The van der Waals surface area contributed by atoms with Crippen molar-refractivity contribution >= 4 is 29.9 Å². The molecule has 8 nitrogen and oxygen atoms in total. The molecule has 0 aliphatic heterocycles. The normalized spacial score (nSPS) is 15.6. The van der Waals surface area contributed by atoms with Gasteiger partial charge in [-0.2, -0.15) is 0 Å². The molecule has 2 aromatic carbocycles. The van der Waals surface area contributed by atoms with E-state index in [1.54, 1.807) is 60.7 Å². The van der Waals surface area contributed by atoms with Crippen LogP contribution in [0.3, 0.4) is 0 Å². The van der Waals surface area contributed by atoms with E-state index in [1.165, 1.54) is 20.8 Å². The molecule has 0 fully saturated rings. The van der Waals surface area contributed by atoms with Gasteiger partial charge in [0.15, 0.2) is 5.78 Å². The number of Topliss-reactive ketones (excluding diaryl/α,β-unsaturated/α-hetero) is 1. The summed E-state index contributed by atoms with van der Waals surface area (Å²) in [4.78, 5) is 57.7. The average Bonchev–Trinajstić information content (AvgIpc) is 2.90. The molecule has 0 spiro atoms. The standard InChI is InChI=1S/C29H33F2NO7/c1-19(22(33)37-6)29(24(30)31,26(36)38-18-21-15-11-8-12-16-21)23(34)28(5,25(35)39-27(2,3)4)32-17-20-13-9-7-10-14-20/h7-17,19,24H,18H2,1-6H3. The van der Waals surface area contributed by atoms with E-state index in [4.69, 9.17) is 9.47 Å². The largest absolute Gasteiger partial charge is 0.469 e. The van der Waals surface area contributed by atoms with E-state index in [0.717, 1.165) is 27.2 Å². The second kappa shape index (κ2) is 12.7. The molecule has 0 bridgehead atoms. The minimum Gasteiger partial charge on any atom is -0.469 e. The second-order valence-corrected chi connectivity index (χ2v) is 10.0. The van der Waals surface area contributed by atoms with Crippen molar-refractivity contribution in [3.05, 3.63) is 71.8 Å². The highest BCUT2D eigenvalue weighted by Crippen LogP contribution is 2.43. The summed E-state index contributed by atoms with van der Waals surface area (Å²) in [5.41, 5.74) is -6.38. The van der Waals surface area contributed by atoms with Crippen LogP contribution in [0.4, 0.5) is 8.78 Å². The fourth-order valence-electron chi connectivity index (χ4n) is 3.78. The van der Waals surface area contributed by atoms with Crippen LogP contribution < -0.4 is 0 Å². The number of hydrogen-bond donors (Lipinski definition) is 0. The fourth-order valence-corrected chi connectivity index (χ4v) is 3.78. The number of alkyl halides is 2. The molecule has 0 aromatic heterocycles. The van der Waals surface area contributed by atoms with Gasteiger partial charge in [-0.25, -0.2) is 13.6 Å². The third-order valence-corrected chi connectivity index (χ3v) is 6.02. The molecule has 2 aromatic rings. The Morgan fingerprint density at radius 3 is 1.92 bits per heavy atom. The quantitative estimate of drug-likeness (QED) is 0.176. The third-order valence-electron chi connectivity index (χ3n) is 6.02. The van der Waals surface area contributed by atoms with Crippen molar-refractivity contribution < 1.29 is 42.2 Å². The topological polar surface area (TPSA) is 108 Å². The Morgan fingerprint density at radius 1 is 0.897 bits per heavy atom. The van der Waals surface area contributed by atoms with Crippen molar-refractivity contribution in [1.82, 2.24) is 0 Å². The van der Waals surface area contributed by atoms with Gasteiger partial charge in [0, 0.05) is 6.21 Å². The minimum absolute atomic E-state index is 0.440. The molecular weight excluding hydrogens is 512 g/mol. The summed E-state index contributed by atoms with van der Waals surface area (Å²) in [6.07, 6.45) is -2.65. The highest BCUT2D eigenvalue weighted by atomic mass is 19.3. The minimum atomic E-state index is -3.78. The van der Waals surface area contributed by atoms with Crippen LogP contribution in [0.2, 0.25) is 0 Å². The number of nitrogens with zero attached hydrogens (tertiary/aromatic N) is 1. The lowest BCUT2D eigenvalue weighted by Crippen LogP contribution is -2.62. The number of benzene rings is 2. The first kappa shape index (κ1) is 31.3. The second-order valence-electron chi connectivity index (χ2n) is 10.0. The molecular formula is C29H33F2NO7. The van der Waals surface area contributed by atoms with Crippen molar-refractivity contribution in [3.63, 3.8) is 0 Å². The number of ether oxygens (including phenoxy) is 3. The Kier molecular flexibility index (Phi) is 10.2. The maximum Gasteiger partial charge on any atom is 0.342 e. The highest BCUT2D eigenvalue weighted by molar-refractivity contribution is 6.20. The molecule has 0 aliphatic rings. The average molecular weight is 546 g/mol. The van der Waals surface area contributed by atoms with E-state index >= 15 is 8.78 Å². The van der Waals surface area contributed by atoms with Gasteiger partial charge >= 0.3 is 17.9 Å². The zero-order valence-electron chi connectivity index (χ0n) is 22.8. The molecule has 0 saturated carbocycles. The van der Waals surface area contributed by atoms with Gasteiger partial charge in [-0.1, -0.05) is 67.6 Å². The molecule has 0 amide bonds. The molecule has 2 rings (SSSR count). The Labute approximate surface area is 226 Å². The molecule has 0 N–H and O–H groups in total. The van der Waals surface area contributed by atoms with E-state index in [1.807, 2.05) is 0 Å². The van der Waals surface area contributed by atoms with E-state index in [0.29, 0.717) is 11.1 Å². The smallest absolute Gasteiger partial charge is 0.342 e. The highest BCUT2D eigenvalue weighted by Gasteiger charge is 2.67. The van der Waals surface area contributed by atoms with E-state index in [9.17, 15) is 19.2 Å². The summed E-state index contributed by atoms with van der Waals surface area (Å²) >= 11 is 0. The van der Waals surface area contributed by atoms with E-state index in [-0.39, 0.29) is 0 Å². The summed E-state index contributed by atoms with van der Waals surface area (Å²) in [6, 6.07) is 16.4. The zero-order valence-corrected chi connectivity index (χ0v) is 22.8. The third kappa shape index (κ3) is 7.13. The molecule has 0 radical (unpaired) electrons. The monoisotopic (exact) mass is 545 g/mol. The summed E-state index contributed by atoms with van der Waals surface area (Å²) in [7, 11) is 0.926. The van der Waals surface area contributed by atoms with Crippen molar-refractivity contribution in [2.24, 2.45) is 16.3 Å². The van der Waals surface area contributed by atoms with Crippen molar-refractivity contribution in [2.45, 2.75) is 58.8 Å².